The molecular formula is C10H17N3O. The van der Waals surface area contributed by atoms with Crippen LogP contribution >= 0.6 is 0 Å². The molecule has 0 saturated heterocycles. The molecule has 0 spiro atoms. The van der Waals surface area contributed by atoms with Crippen molar-refractivity contribution in [2.75, 3.05) is 7.05 Å². The molecule has 0 aliphatic rings. The zero-order valence-corrected chi connectivity index (χ0v) is 8.95. The van der Waals surface area contributed by atoms with Crippen molar-refractivity contribution in [3.63, 3.8) is 0 Å². The monoisotopic (exact) mass is 195 g/mol. The van der Waals surface area contributed by atoms with Gasteiger partial charge in [0.2, 0.25) is 0 Å². The largest absolute Gasteiger partial charge is 0.311 e. The lowest BCUT2D eigenvalue weighted by Gasteiger charge is -2.08. The Hall–Kier alpha value is -1.16. The molecule has 4 heteroatoms. The summed E-state index contributed by atoms with van der Waals surface area (Å²) in [5.41, 5.74) is 1.10. The number of aryl methyl sites for hydroxylation is 2. The van der Waals surface area contributed by atoms with Crippen LogP contribution < -0.4 is 5.32 Å². The molecule has 14 heavy (non-hydrogen) atoms. The van der Waals surface area contributed by atoms with Gasteiger partial charge in [-0.25, -0.2) is 0 Å². The smallest absolute Gasteiger partial charge is 0.149 e. The molecule has 0 saturated carbocycles. The molecule has 1 aromatic heterocycles. The van der Waals surface area contributed by atoms with Crippen LogP contribution in [0.1, 0.15) is 19.0 Å². The number of carbonyl (C=O) groups excluding carboxylic acids is 1. The second kappa shape index (κ2) is 4.91. The van der Waals surface area contributed by atoms with E-state index >= 15 is 0 Å². The molecule has 0 amide bonds. The average Bonchev–Trinajstić information content (AvgIpc) is 2.59. The van der Waals surface area contributed by atoms with Crippen LogP contribution in [-0.2, 0) is 18.3 Å². The van der Waals surface area contributed by atoms with Gasteiger partial charge in [-0.05, 0) is 26.5 Å². The van der Waals surface area contributed by atoms with Crippen molar-refractivity contribution in [3.8, 4) is 0 Å². The Kier molecular flexibility index (Phi) is 3.83. The molecule has 0 aromatic carbocycles. The molecule has 1 aromatic rings. The van der Waals surface area contributed by atoms with Crippen molar-refractivity contribution in [1.29, 1.82) is 0 Å². The Morgan fingerprint density at radius 3 is 2.93 bits per heavy atom. The Morgan fingerprint density at radius 2 is 2.43 bits per heavy atom. The van der Waals surface area contributed by atoms with E-state index in [2.05, 4.69) is 10.4 Å². The molecule has 1 heterocycles. The maximum Gasteiger partial charge on any atom is 0.149 e. The number of hydrogen-bond donors (Lipinski definition) is 1. The molecule has 1 rings (SSSR count). The van der Waals surface area contributed by atoms with Crippen molar-refractivity contribution in [2.24, 2.45) is 7.05 Å². The third-order valence-corrected chi connectivity index (χ3v) is 2.47. The van der Waals surface area contributed by atoms with Gasteiger partial charge in [-0.2, -0.15) is 5.10 Å². The number of Topliss-reactive ketones (excluding diaryl/α,β-unsaturated/α-hetero) is 1. The molecule has 1 N–H and O–H groups in total. The third kappa shape index (κ3) is 2.67. The van der Waals surface area contributed by atoms with Crippen molar-refractivity contribution >= 4 is 5.78 Å². The number of nitrogens with zero attached hydrogens (tertiary/aromatic N) is 2. The van der Waals surface area contributed by atoms with E-state index in [1.54, 1.807) is 17.9 Å². The fraction of sp³-hybridized carbons (Fsp3) is 0.600. The molecule has 1 unspecified atom stereocenters. The quantitative estimate of drug-likeness (QED) is 0.745. The van der Waals surface area contributed by atoms with Crippen LogP contribution in [0, 0.1) is 0 Å². The van der Waals surface area contributed by atoms with Crippen LogP contribution in [-0.4, -0.2) is 28.7 Å². The van der Waals surface area contributed by atoms with E-state index < -0.39 is 0 Å². The molecule has 4 nitrogen and oxygen atoms in total. The summed E-state index contributed by atoms with van der Waals surface area (Å²) < 4.78 is 1.80. The van der Waals surface area contributed by atoms with Gasteiger partial charge in [0.15, 0.2) is 0 Å². The summed E-state index contributed by atoms with van der Waals surface area (Å²) in [6, 6.07) is 1.89. The van der Waals surface area contributed by atoms with E-state index in [-0.39, 0.29) is 11.8 Å². The highest BCUT2D eigenvalue weighted by molar-refractivity contribution is 5.83. The number of aromatic nitrogens is 2. The van der Waals surface area contributed by atoms with Gasteiger partial charge >= 0.3 is 0 Å². The van der Waals surface area contributed by atoms with Gasteiger partial charge in [0.1, 0.15) is 5.78 Å². The number of nitrogens with one attached hydrogen (secondary N) is 1. The van der Waals surface area contributed by atoms with Gasteiger partial charge in [-0.1, -0.05) is 0 Å². The van der Waals surface area contributed by atoms with Crippen molar-refractivity contribution in [3.05, 3.63) is 18.0 Å². The molecule has 78 valence electrons. The first-order valence-electron chi connectivity index (χ1n) is 4.82. The second-order valence-corrected chi connectivity index (χ2v) is 3.42. The minimum absolute atomic E-state index is 0.0526. The van der Waals surface area contributed by atoms with Gasteiger partial charge < -0.3 is 5.32 Å². The molecule has 0 aliphatic heterocycles. The van der Waals surface area contributed by atoms with E-state index in [9.17, 15) is 4.79 Å². The highest BCUT2D eigenvalue weighted by Crippen LogP contribution is 2.02. The lowest BCUT2D eigenvalue weighted by Crippen LogP contribution is -2.30. The van der Waals surface area contributed by atoms with Gasteiger partial charge in [0, 0.05) is 25.4 Å². The van der Waals surface area contributed by atoms with Crippen LogP contribution in [0.4, 0.5) is 0 Å². The summed E-state index contributed by atoms with van der Waals surface area (Å²) in [6.07, 6.45) is 3.09. The maximum atomic E-state index is 11.5. The van der Waals surface area contributed by atoms with E-state index in [1.165, 1.54) is 0 Å². The first-order chi connectivity index (χ1) is 6.65. The van der Waals surface area contributed by atoms with E-state index in [0.29, 0.717) is 6.42 Å². The average molecular weight is 195 g/mol. The van der Waals surface area contributed by atoms with Crippen LogP contribution in [0.15, 0.2) is 12.3 Å². The molecular weight excluding hydrogens is 178 g/mol. The predicted octanol–water partition coefficient (Wildman–Crippen LogP) is 0.530. The summed E-state index contributed by atoms with van der Waals surface area (Å²) in [7, 11) is 3.69. The summed E-state index contributed by atoms with van der Waals surface area (Å²) >= 11 is 0. The zero-order chi connectivity index (χ0) is 10.6. The Balaban J connectivity index is 2.41. The van der Waals surface area contributed by atoms with E-state index in [0.717, 1.165) is 12.1 Å². The molecule has 1 atom stereocenters. The summed E-state index contributed by atoms with van der Waals surface area (Å²) in [5.74, 6) is 0.244. The Bertz CT molecular complexity index is 306. The zero-order valence-electron chi connectivity index (χ0n) is 8.95. The number of carbonyl (C=O) groups is 1. The summed E-state index contributed by atoms with van der Waals surface area (Å²) in [4.78, 5) is 11.5. The minimum atomic E-state index is -0.0526. The van der Waals surface area contributed by atoms with Crippen LogP contribution in [0.5, 0.6) is 0 Å². The lowest BCUT2D eigenvalue weighted by atomic mass is 10.1. The minimum Gasteiger partial charge on any atom is -0.311 e. The highest BCUT2D eigenvalue weighted by atomic mass is 16.1. The number of ketones is 1. The number of rotatable bonds is 5. The van der Waals surface area contributed by atoms with Gasteiger partial charge in [-0.15, -0.1) is 0 Å². The van der Waals surface area contributed by atoms with Gasteiger partial charge in [0.25, 0.3) is 0 Å². The normalized spacial score (nSPS) is 12.8. The molecule has 0 aliphatic carbocycles. The second-order valence-electron chi connectivity index (χ2n) is 3.42. The Labute approximate surface area is 84.3 Å². The van der Waals surface area contributed by atoms with Crippen LogP contribution in [0.3, 0.4) is 0 Å². The van der Waals surface area contributed by atoms with Gasteiger partial charge in [-0.3, -0.25) is 9.48 Å². The van der Waals surface area contributed by atoms with Gasteiger partial charge in [0.05, 0.1) is 6.04 Å². The highest BCUT2D eigenvalue weighted by Gasteiger charge is 2.10. The summed E-state index contributed by atoms with van der Waals surface area (Å²) in [5, 5.41) is 6.99. The first kappa shape index (κ1) is 10.9. The Morgan fingerprint density at radius 1 is 1.71 bits per heavy atom. The number of likely N-dealkylation sites (N-methyl/N-ethyl adjacent to an activating group) is 1. The third-order valence-electron chi connectivity index (χ3n) is 2.47. The number of hydrogen-bond acceptors (Lipinski definition) is 3. The molecule has 0 radical (unpaired) electrons. The van der Waals surface area contributed by atoms with E-state index in [4.69, 9.17) is 0 Å². The standard InChI is InChI=1S/C10H17N3O/c1-8(11-2)10(14)5-4-9-6-7-12-13(9)3/h6-8,11H,4-5H2,1-3H3. The predicted molar refractivity (Wildman–Crippen MR) is 55.1 cm³/mol. The van der Waals surface area contributed by atoms with Crippen molar-refractivity contribution < 1.29 is 4.79 Å². The van der Waals surface area contributed by atoms with Crippen molar-refractivity contribution in [2.45, 2.75) is 25.8 Å². The molecule has 0 fully saturated rings. The maximum absolute atomic E-state index is 11.5. The summed E-state index contributed by atoms with van der Waals surface area (Å²) in [6.45, 7) is 1.88. The lowest BCUT2D eigenvalue weighted by molar-refractivity contribution is -0.120. The first-order valence-corrected chi connectivity index (χ1v) is 4.82. The van der Waals surface area contributed by atoms with Crippen molar-refractivity contribution in [1.82, 2.24) is 15.1 Å². The fourth-order valence-corrected chi connectivity index (χ4v) is 1.28. The SMILES string of the molecule is CNC(C)C(=O)CCc1ccnn1C. The molecule has 0 bridgehead atoms. The van der Waals surface area contributed by atoms with Crippen LogP contribution in [0.2, 0.25) is 0 Å². The topological polar surface area (TPSA) is 46.9 Å². The fourth-order valence-electron chi connectivity index (χ4n) is 1.28. The van der Waals surface area contributed by atoms with E-state index in [1.807, 2.05) is 20.0 Å². The van der Waals surface area contributed by atoms with Crippen LogP contribution in [0.25, 0.3) is 0 Å².